The normalized spacial score (nSPS) is 27.2. The van der Waals surface area contributed by atoms with Gasteiger partial charge in [0.15, 0.2) is 19.7 Å². The van der Waals surface area contributed by atoms with Crippen molar-refractivity contribution >= 4 is 19.7 Å². The van der Waals surface area contributed by atoms with Crippen LogP contribution in [0.3, 0.4) is 0 Å². The van der Waals surface area contributed by atoms with Crippen molar-refractivity contribution in [3.8, 4) is 0 Å². The molecule has 0 spiro atoms. The molecule has 2 heterocycles. The van der Waals surface area contributed by atoms with Crippen molar-refractivity contribution in [3.63, 3.8) is 0 Å². The van der Waals surface area contributed by atoms with Crippen molar-refractivity contribution in [1.82, 2.24) is 13.8 Å². The summed E-state index contributed by atoms with van der Waals surface area (Å²) in [5, 5.41) is 0. The summed E-state index contributed by atoms with van der Waals surface area (Å²) >= 11 is 0. The van der Waals surface area contributed by atoms with Crippen LogP contribution in [0.4, 0.5) is 0 Å². The molecule has 2 fully saturated rings. The van der Waals surface area contributed by atoms with Gasteiger partial charge in [0.25, 0.3) is 0 Å². The van der Waals surface area contributed by atoms with Gasteiger partial charge in [-0.2, -0.15) is 0 Å². The van der Waals surface area contributed by atoms with E-state index in [9.17, 15) is 0 Å². The van der Waals surface area contributed by atoms with Gasteiger partial charge in [0.05, 0.1) is 0 Å². The van der Waals surface area contributed by atoms with Crippen molar-refractivity contribution in [2.45, 2.75) is 38.5 Å². The Labute approximate surface area is 98.6 Å². The van der Waals surface area contributed by atoms with Crippen LogP contribution in [-0.2, 0) is 0 Å². The van der Waals surface area contributed by atoms with Gasteiger partial charge in [-0.25, -0.2) is 0 Å². The van der Waals surface area contributed by atoms with Crippen molar-refractivity contribution in [3.05, 3.63) is 0 Å². The molecule has 1 N–H and O–H groups in total. The second kappa shape index (κ2) is 6.80. The van der Waals surface area contributed by atoms with E-state index in [0.29, 0.717) is 0 Å². The lowest BCUT2D eigenvalue weighted by Gasteiger charge is -2.30. The molecule has 5 heteroatoms. The summed E-state index contributed by atoms with van der Waals surface area (Å²) in [6.07, 6.45) is 8.71. The first-order chi connectivity index (χ1) is 7.45. The molecule has 3 nitrogen and oxygen atoms in total. The summed E-state index contributed by atoms with van der Waals surface area (Å²) in [5.74, 6) is 0. The van der Waals surface area contributed by atoms with Crippen LogP contribution in [0.5, 0.6) is 0 Å². The van der Waals surface area contributed by atoms with Gasteiger partial charge in [0, 0.05) is 0 Å². The minimum absolute atomic E-state index is 0.0761. The molecule has 0 aromatic heterocycles. The summed E-state index contributed by atoms with van der Waals surface area (Å²) in [6.45, 7) is 5.53. The van der Waals surface area contributed by atoms with Crippen LogP contribution in [-0.4, -0.2) is 55.0 Å². The minimum Gasteiger partial charge on any atom is -0.345 e. The second-order valence-corrected chi connectivity index (χ2v) is 9.34. The number of hydrogen-bond acceptors (Lipinski definition) is 3. The highest BCUT2D eigenvalue weighted by Crippen LogP contribution is 2.07. The third-order valence-electron chi connectivity index (χ3n) is 3.57. The number of nitrogens with zero attached hydrogens (tertiary/aromatic N) is 2. The molecule has 2 saturated heterocycles. The number of nitrogens with one attached hydrogen (secondary N) is 1. The SMILES string of the molecule is C1CCN([SiH2]N[SiH2]N2CCCCC2)CC1. The van der Waals surface area contributed by atoms with Gasteiger partial charge < -0.3 is 13.8 Å². The standard InChI is InChI=1S/C10H25N3Si2/c1-3-7-12(8-4-1)14-11-15-13-9-5-2-6-10-13/h11H,1-10,14-15H2. The van der Waals surface area contributed by atoms with Crippen molar-refractivity contribution in [1.29, 1.82) is 0 Å². The van der Waals surface area contributed by atoms with E-state index < -0.39 is 0 Å². The lowest BCUT2D eigenvalue weighted by atomic mass is 10.2. The van der Waals surface area contributed by atoms with Crippen LogP contribution in [0.25, 0.3) is 0 Å². The summed E-state index contributed by atoms with van der Waals surface area (Å²) < 4.78 is 9.30. The fraction of sp³-hybridized carbons (Fsp3) is 1.00. The zero-order valence-corrected chi connectivity index (χ0v) is 12.7. The van der Waals surface area contributed by atoms with E-state index in [1.54, 1.807) is 0 Å². The van der Waals surface area contributed by atoms with Gasteiger partial charge in [0.1, 0.15) is 0 Å². The Bertz CT molecular complexity index is 150. The molecule has 0 unspecified atom stereocenters. The molecule has 0 aromatic rings. The highest BCUT2D eigenvalue weighted by atomic mass is 28.3. The molecular weight excluding hydrogens is 218 g/mol. The molecule has 0 bridgehead atoms. The number of rotatable bonds is 4. The first-order valence-electron chi connectivity index (χ1n) is 6.60. The Morgan fingerprint density at radius 1 is 0.600 bits per heavy atom. The Morgan fingerprint density at radius 2 is 1.00 bits per heavy atom. The molecule has 0 saturated carbocycles. The van der Waals surface area contributed by atoms with Crippen LogP contribution in [0.2, 0.25) is 0 Å². The minimum atomic E-state index is -0.0761. The van der Waals surface area contributed by atoms with Gasteiger partial charge in [-0.05, 0) is 51.9 Å². The Kier molecular flexibility index (Phi) is 5.35. The maximum Gasteiger partial charge on any atom is 0.164 e. The molecule has 0 amide bonds. The quantitative estimate of drug-likeness (QED) is 0.675. The largest absolute Gasteiger partial charge is 0.345 e. The van der Waals surface area contributed by atoms with Gasteiger partial charge in [-0.15, -0.1) is 0 Å². The van der Waals surface area contributed by atoms with Crippen LogP contribution in [0, 0.1) is 0 Å². The fourth-order valence-electron chi connectivity index (χ4n) is 2.60. The predicted octanol–water partition coefficient (Wildman–Crippen LogP) is -0.455. The molecule has 0 atom stereocenters. The Hall–Kier alpha value is 0.314. The monoisotopic (exact) mass is 243 g/mol. The smallest absolute Gasteiger partial charge is 0.164 e. The van der Waals surface area contributed by atoms with E-state index >= 15 is 0 Å². The molecule has 0 aliphatic carbocycles. The molecule has 0 aromatic carbocycles. The molecular formula is C10H25N3Si2. The van der Waals surface area contributed by atoms with E-state index in [-0.39, 0.29) is 19.7 Å². The van der Waals surface area contributed by atoms with Crippen LogP contribution < -0.4 is 4.65 Å². The maximum atomic E-state index is 3.85. The van der Waals surface area contributed by atoms with E-state index in [1.807, 2.05) is 0 Å². The lowest BCUT2D eigenvalue weighted by molar-refractivity contribution is 0.349. The van der Waals surface area contributed by atoms with Crippen LogP contribution in [0.15, 0.2) is 0 Å². The molecule has 0 radical (unpaired) electrons. The highest BCUT2D eigenvalue weighted by Gasteiger charge is 2.12. The van der Waals surface area contributed by atoms with Gasteiger partial charge >= 0.3 is 0 Å². The third-order valence-corrected chi connectivity index (χ3v) is 7.52. The molecule has 2 aliphatic heterocycles. The third kappa shape index (κ3) is 4.36. The number of piperidine rings is 2. The van der Waals surface area contributed by atoms with Crippen molar-refractivity contribution in [2.24, 2.45) is 0 Å². The van der Waals surface area contributed by atoms with Gasteiger partial charge in [0.2, 0.25) is 0 Å². The molecule has 2 rings (SSSR count). The zero-order valence-electron chi connectivity index (χ0n) is 9.88. The topological polar surface area (TPSA) is 18.5 Å². The van der Waals surface area contributed by atoms with Crippen molar-refractivity contribution in [2.75, 3.05) is 26.2 Å². The molecule has 88 valence electrons. The summed E-state index contributed by atoms with van der Waals surface area (Å²) in [5.41, 5.74) is 0. The van der Waals surface area contributed by atoms with Gasteiger partial charge in [-0.3, -0.25) is 0 Å². The predicted molar refractivity (Wildman–Crippen MR) is 71.1 cm³/mol. The summed E-state index contributed by atoms with van der Waals surface area (Å²) in [7, 11) is -0.152. The first kappa shape index (κ1) is 11.8. The van der Waals surface area contributed by atoms with Crippen molar-refractivity contribution < 1.29 is 0 Å². The second-order valence-electron chi connectivity index (χ2n) is 4.92. The molecule has 2 aliphatic rings. The Morgan fingerprint density at radius 3 is 1.40 bits per heavy atom. The highest BCUT2D eigenvalue weighted by molar-refractivity contribution is 6.47. The molecule has 15 heavy (non-hydrogen) atoms. The van der Waals surface area contributed by atoms with Gasteiger partial charge in [-0.1, -0.05) is 12.8 Å². The summed E-state index contributed by atoms with van der Waals surface area (Å²) in [6, 6.07) is 0. The van der Waals surface area contributed by atoms with E-state index in [1.165, 1.54) is 64.7 Å². The zero-order chi connectivity index (χ0) is 10.3. The average Bonchev–Trinajstić information content (AvgIpc) is 2.32. The fourth-order valence-corrected chi connectivity index (χ4v) is 7.06. The van der Waals surface area contributed by atoms with Crippen LogP contribution in [0.1, 0.15) is 38.5 Å². The lowest BCUT2D eigenvalue weighted by Crippen LogP contribution is -2.48. The first-order valence-corrected chi connectivity index (χ1v) is 9.28. The summed E-state index contributed by atoms with van der Waals surface area (Å²) in [4.78, 5) is 0. The van der Waals surface area contributed by atoms with E-state index in [2.05, 4.69) is 13.8 Å². The Balaban J connectivity index is 1.53. The average molecular weight is 244 g/mol. The maximum absolute atomic E-state index is 3.85. The number of hydrogen-bond donors (Lipinski definition) is 1. The van der Waals surface area contributed by atoms with E-state index in [4.69, 9.17) is 0 Å². The van der Waals surface area contributed by atoms with Crippen LogP contribution >= 0.6 is 0 Å². The van der Waals surface area contributed by atoms with E-state index in [0.717, 1.165) is 0 Å².